The van der Waals surface area contributed by atoms with E-state index in [4.69, 9.17) is 11.6 Å². The molecule has 0 fully saturated rings. The summed E-state index contributed by atoms with van der Waals surface area (Å²) in [6, 6.07) is 16.3. The molecule has 0 aliphatic heterocycles. The zero-order valence-electron chi connectivity index (χ0n) is 20.3. The van der Waals surface area contributed by atoms with Crippen LogP contribution in [-0.2, 0) is 24.7 Å². The quantitative estimate of drug-likeness (QED) is 0.208. The second-order valence-corrected chi connectivity index (χ2v) is 9.28. The van der Waals surface area contributed by atoms with Crippen LogP contribution in [0.2, 0.25) is 5.02 Å². The molecule has 12 heteroatoms. The maximum Gasteiger partial charge on any atom is 0.573 e. The molecule has 0 spiro atoms. The Morgan fingerprint density at radius 2 is 1.55 bits per heavy atom. The molecule has 0 saturated carbocycles. The first kappa shape index (κ1) is 29.2. The Bertz CT molecular complexity index is 1460. The van der Waals surface area contributed by atoms with Crippen LogP contribution in [0.25, 0.3) is 0 Å². The van der Waals surface area contributed by atoms with Crippen molar-refractivity contribution in [3.63, 3.8) is 0 Å². The fourth-order valence-corrected chi connectivity index (χ4v) is 4.38. The molecule has 0 bridgehead atoms. The van der Waals surface area contributed by atoms with Gasteiger partial charge < -0.3 is 9.84 Å². The molecule has 1 heterocycles. The zero-order chi connectivity index (χ0) is 29.1. The molecule has 0 radical (unpaired) electrons. The molecule has 40 heavy (non-hydrogen) atoms. The lowest BCUT2D eigenvalue weighted by Gasteiger charge is -2.36. The van der Waals surface area contributed by atoms with Crippen molar-refractivity contribution in [2.24, 2.45) is 0 Å². The van der Waals surface area contributed by atoms with E-state index >= 15 is 0 Å². The first-order valence-corrected chi connectivity index (χ1v) is 12.0. The lowest BCUT2D eigenvalue weighted by molar-refractivity contribution is -0.274. The summed E-state index contributed by atoms with van der Waals surface area (Å²) in [5, 5.41) is 13.6. The van der Waals surface area contributed by atoms with Crippen molar-refractivity contribution < 1.29 is 40.6 Å². The number of hydrogen-bond acceptors (Lipinski definition) is 4. The first-order valence-electron chi connectivity index (χ1n) is 11.6. The van der Waals surface area contributed by atoms with E-state index < -0.39 is 41.0 Å². The summed E-state index contributed by atoms with van der Waals surface area (Å²) in [6.45, 7) is -0.379. The number of rotatable bonds is 8. The number of nitrogens with one attached hydrogen (secondary N) is 1. The number of nitrogens with zero attached hydrogens (tertiary/aromatic N) is 1. The Kier molecular flexibility index (Phi) is 8.27. The van der Waals surface area contributed by atoms with Crippen molar-refractivity contribution >= 4 is 11.6 Å². The van der Waals surface area contributed by atoms with E-state index in [1.165, 1.54) is 18.3 Å². The average molecular weight is 585 g/mol. The van der Waals surface area contributed by atoms with Gasteiger partial charge in [0.2, 0.25) is 0 Å². The lowest BCUT2D eigenvalue weighted by atomic mass is 9.79. The summed E-state index contributed by atoms with van der Waals surface area (Å²) >= 11 is 6.01. The van der Waals surface area contributed by atoms with Gasteiger partial charge in [-0.1, -0.05) is 41.9 Å². The molecule has 1 atom stereocenters. The molecule has 3 aromatic carbocycles. The van der Waals surface area contributed by atoms with Crippen LogP contribution < -0.4 is 10.1 Å². The highest BCUT2D eigenvalue weighted by Crippen LogP contribution is 2.39. The van der Waals surface area contributed by atoms with E-state index in [0.717, 1.165) is 30.3 Å². The lowest BCUT2D eigenvalue weighted by Crippen LogP contribution is -2.46. The first-order chi connectivity index (χ1) is 18.7. The third kappa shape index (κ3) is 7.02. The molecule has 0 saturated heterocycles. The minimum absolute atomic E-state index is 0.0667. The number of alkyl halides is 6. The highest BCUT2D eigenvalue weighted by molar-refractivity contribution is 6.30. The van der Waals surface area contributed by atoms with Gasteiger partial charge in [-0.15, -0.1) is 13.2 Å². The molecule has 1 aromatic heterocycles. The number of pyridine rings is 1. The Morgan fingerprint density at radius 1 is 0.850 bits per heavy atom. The molecule has 210 valence electrons. The fraction of sp³-hybridized carbons (Fsp3) is 0.179. The van der Waals surface area contributed by atoms with Crippen molar-refractivity contribution in [1.82, 2.24) is 10.3 Å². The minimum atomic E-state index is -5.00. The van der Waals surface area contributed by atoms with Gasteiger partial charge in [0.1, 0.15) is 17.3 Å². The molecule has 4 rings (SSSR count). The van der Waals surface area contributed by atoms with Gasteiger partial charge in [-0.25, -0.2) is 4.39 Å². The molecule has 4 nitrogen and oxygen atoms in total. The van der Waals surface area contributed by atoms with E-state index in [-0.39, 0.29) is 34.8 Å². The van der Waals surface area contributed by atoms with Gasteiger partial charge in [0.15, 0.2) is 0 Å². The predicted octanol–water partition coefficient (Wildman–Crippen LogP) is 7.77. The zero-order valence-corrected chi connectivity index (χ0v) is 21.1. The Balaban J connectivity index is 1.90. The molecular formula is C28H20ClF7N2O2. The number of benzene rings is 3. The van der Waals surface area contributed by atoms with E-state index in [1.54, 1.807) is 30.3 Å². The van der Waals surface area contributed by atoms with Gasteiger partial charge in [-0.2, -0.15) is 13.2 Å². The third-order valence-electron chi connectivity index (χ3n) is 6.06. The third-order valence-corrected chi connectivity index (χ3v) is 6.28. The summed E-state index contributed by atoms with van der Waals surface area (Å²) in [5.74, 6) is -2.19. The summed E-state index contributed by atoms with van der Waals surface area (Å²) in [7, 11) is 0. The number of halogens is 8. The van der Waals surface area contributed by atoms with E-state index in [2.05, 4.69) is 15.0 Å². The maximum absolute atomic E-state index is 14.7. The van der Waals surface area contributed by atoms with Crippen LogP contribution in [0.15, 0.2) is 85.1 Å². The second-order valence-electron chi connectivity index (χ2n) is 8.85. The SMILES string of the molecule is Oc1ccc(OC(F)(F)F)cc1CNC(Cc1ccccc1)(c1cc(F)cc(C(F)(F)F)c1)c1ccc(Cl)cn1. The van der Waals surface area contributed by atoms with Crippen LogP contribution in [0, 0.1) is 5.82 Å². The van der Waals surface area contributed by atoms with Crippen molar-refractivity contribution in [3.8, 4) is 11.5 Å². The normalized spacial score (nSPS) is 13.6. The predicted molar refractivity (Wildman–Crippen MR) is 133 cm³/mol. The molecule has 0 amide bonds. The highest BCUT2D eigenvalue weighted by atomic mass is 35.5. The largest absolute Gasteiger partial charge is 0.573 e. The molecule has 0 aliphatic rings. The Hall–Kier alpha value is -3.83. The van der Waals surface area contributed by atoms with E-state index in [9.17, 15) is 35.8 Å². The second kappa shape index (κ2) is 11.3. The molecular weight excluding hydrogens is 565 g/mol. The fourth-order valence-electron chi connectivity index (χ4n) is 4.27. The molecule has 1 unspecified atom stereocenters. The van der Waals surface area contributed by atoms with Crippen molar-refractivity contribution in [2.45, 2.75) is 31.0 Å². The van der Waals surface area contributed by atoms with Gasteiger partial charge >= 0.3 is 12.5 Å². The van der Waals surface area contributed by atoms with Crippen LogP contribution in [0.3, 0.4) is 0 Å². The van der Waals surface area contributed by atoms with Crippen LogP contribution in [0.1, 0.15) is 27.9 Å². The van der Waals surface area contributed by atoms with Gasteiger partial charge in [-0.3, -0.25) is 10.3 Å². The average Bonchev–Trinajstić information content (AvgIpc) is 2.87. The number of ether oxygens (including phenoxy) is 1. The molecule has 2 N–H and O–H groups in total. The maximum atomic E-state index is 14.7. The smallest absolute Gasteiger partial charge is 0.508 e. The van der Waals surface area contributed by atoms with Crippen molar-refractivity contribution in [3.05, 3.63) is 124 Å². The van der Waals surface area contributed by atoms with Crippen molar-refractivity contribution in [2.75, 3.05) is 0 Å². The van der Waals surface area contributed by atoms with Gasteiger partial charge in [0, 0.05) is 24.7 Å². The van der Waals surface area contributed by atoms with Crippen LogP contribution in [0.5, 0.6) is 11.5 Å². The van der Waals surface area contributed by atoms with Crippen LogP contribution in [0.4, 0.5) is 30.7 Å². The van der Waals surface area contributed by atoms with E-state index in [1.807, 2.05) is 0 Å². The number of aromatic nitrogens is 1. The number of phenolic OH excluding ortho intramolecular Hbond substituents is 1. The van der Waals surface area contributed by atoms with Gasteiger partial charge in [0.05, 0.1) is 21.8 Å². The number of hydrogen-bond donors (Lipinski definition) is 2. The van der Waals surface area contributed by atoms with E-state index in [0.29, 0.717) is 11.6 Å². The molecule has 4 aromatic rings. The summed E-state index contributed by atoms with van der Waals surface area (Å²) < 4.78 is 98.3. The topological polar surface area (TPSA) is 54.4 Å². The highest BCUT2D eigenvalue weighted by Gasteiger charge is 2.40. The monoisotopic (exact) mass is 584 g/mol. The van der Waals surface area contributed by atoms with Crippen LogP contribution >= 0.6 is 11.6 Å². The number of aromatic hydroxyl groups is 1. The summed E-state index contributed by atoms with van der Waals surface area (Å²) in [5.41, 5.74) is -2.41. The van der Waals surface area contributed by atoms with Gasteiger partial charge in [0.25, 0.3) is 0 Å². The van der Waals surface area contributed by atoms with Gasteiger partial charge in [-0.05, 0) is 59.7 Å². The van der Waals surface area contributed by atoms with Crippen molar-refractivity contribution in [1.29, 1.82) is 0 Å². The summed E-state index contributed by atoms with van der Waals surface area (Å²) in [4.78, 5) is 4.31. The van der Waals surface area contributed by atoms with Crippen LogP contribution in [-0.4, -0.2) is 16.5 Å². The number of phenols is 1. The standard InChI is InChI=1S/C28H20ClF7N2O2/c29-21-6-9-25(37-16-21)26(14-17-4-2-1-3-5-17,19-11-20(27(31,32)33)13-22(30)12-19)38-15-18-10-23(7-8-24(18)39)40-28(34,35)36/h1-13,16,38-39H,14-15H2. The Morgan fingerprint density at radius 3 is 2.17 bits per heavy atom. The Labute approximate surface area is 229 Å². The summed E-state index contributed by atoms with van der Waals surface area (Å²) in [6.07, 6.45) is -8.69. The minimum Gasteiger partial charge on any atom is -0.508 e. The molecule has 0 aliphatic carbocycles.